The van der Waals surface area contributed by atoms with Crippen LogP contribution in [0.1, 0.15) is 66.7 Å². The monoisotopic (exact) mass is 196 g/mol. The summed E-state index contributed by atoms with van der Waals surface area (Å²) in [5.74, 6) is 2.86. The van der Waals surface area contributed by atoms with Gasteiger partial charge in [0.2, 0.25) is 0 Å². The first-order valence-electron chi connectivity index (χ1n) is 6.48. The topological polar surface area (TPSA) is 0 Å². The molecule has 0 spiro atoms. The van der Waals surface area contributed by atoms with Crippen LogP contribution in [0.15, 0.2) is 0 Å². The van der Waals surface area contributed by atoms with E-state index in [2.05, 4.69) is 34.6 Å². The minimum absolute atomic E-state index is 0.558. The highest BCUT2D eigenvalue weighted by molar-refractivity contribution is 4.87. The summed E-state index contributed by atoms with van der Waals surface area (Å²) in [7, 11) is 0. The SMILES string of the molecule is CCCC1CCC(C(C)(C)C(C)C)C1. The van der Waals surface area contributed by atoms with E-state index >= 15 is 0 Å². The zero-order valence-electron chi connectivity index (χ0n) is 10.8. The van der Waals surface area contributed by atoms with Crippen molar-refractivity contribution in [2.75, 3.05) is 0 Å². The Kier molecular flexibility index (Phi) is 4.04. The van der Waals surface area contributed by atoms with E-state index in [4.69, 9.17) is 0 Å². The highest BCUT2D eigenvalue weighted by Gasteiger charge is 2.37. The van der Waals surface area contributed by atoms with Crippen LogP contribution in [0.25, 0.3) is 0 Å². The Bertz CT molecular complexity index is 167. The highest BCUT2D eigenvalue weighted by atomic mass is 14.4. The minimum atomic E-state index is 0.558. The Labute approximate surface area is 90.5 Å². The van der Waals surface area contributed by atoms with Crippen molar-refractivity contribution >= 4 is 0 Å². The summed E-state index contributed by atoms with van der Waals surface area (Å²) >= 11 is 0. The first-order valence-corrected chi connectivity index (χ1v) is 6.48. The molecule has 1 saturated carbocycles. The molecule has 0 heterocycles. The summed E-state index contributed by atoms with van der Waals surface area (Å²) in [5.41, 5.74) is 0.558. The van der Waals surface area contributed by atoms with Crippen LogP contribution >= 0.6 is 0 Å². The Hall–Kier alpha value is 0. The summed E-state index contributed by atoms with van der Waals surface area (Å²) in [4.78, 5) is 0. The lowest BCUT2D eigenvalue weighted by Crippen LogP contribution is -2.28. The first kappa shape index (κ1) is 12.1. The second-order valence-electron chi connectivity index (χ2n) is 6.14. The van der Waals surface area contributed by atoms with Crippen LogP contribution < -0.4 is 0 Å². The van der Waals surface area contributed by atoms with E-state index in [1.807, 2.05) is 0 Å². The van der Waals surface area contributed by atoms with Gasteiger partial charge in [-0.25, -0.2) is 0 Å². The van der Waals surface area contributed by atoms with E-state index in [1.165, 1.54) is 32.1 Å². The van der Waals surface area contributed by atoms with Crippen molar-refractivity contribution in [2.45, 2.75) is 66.7 Å². The maximum atomic E-state index is 2.47. The van der Waals surface area contributed by atoms with Crippen LogP contribution in [0, 0.1) is 23.2 Å². The van der Waals surface area contributed by atoms with Gasteiger partial charge in [0.05, 0.1) is 0 Å². The molecule has 14 heavy (non-hydrogen) atoms. The lowest BCUT2D eigenvalue weighted by atomic mass is 9.69. The summed E-state index contributed by atoms with van der Waals surface area (Å²) < 4.78 is 0. The molecule has 0 aromatic carbocycles. The molecule has 2 unspecified atom stereocenters. The van der Waals surface area contributed by atoms with Crippen molar-refractivity contribution in [3.8, 4) is 0 Å². The van der Waals surface area contributed by atoms with Gasteiger partial charge in [-0.05, 0) is 36.0 Å². The fourth-order valence-corrected chi connectivity index (χ4v) is 2.89. The van der Waals surface area contributed by atoms with Crippen molar-refractivity contribution in [2.24, 2.45) is 23.2 Å². The Morgan fingerprint density at radius 1 is 1.21 bits per heavy atom. The van der Waals surface area contributed by atoms with E-state index < -0.39 is 0 Å². The largest absolute Gasteiger partial charge is 0.0654 e. The Morgan fingerprint density at radius 3 is 2.36 bits per heavy atom. The molecule has 1 rings (SSSR count). The van der Waals surface area contributed by atoms with Gasteiger partial charge in [-0.1, -0.05) is 53.9 Å². The summed E-state index contributed by atoms with van der Waals surface area (Å²) in [6, 6.07) is 0. The van der Waals surface area contributed by atoms with Crippen molar-refractivity contribution in [1.29, 1.82) is 0 Å². The Morgan fingerprint density at radius 2 is 1.86 bits per heavy atom. The van der Waals surface area contributed by atoms with Gasteiger partial charge in [0.15, 0.2) is 0 Å². The summed E-state index contributed by atoms with van der Waals surface area (Å²) in [5, 5.41) is 0. The van der Waals surface area contributed by atoms with Crippen LogP contribution in [0.5, 0.6) is 0 Å². The predicted molar refractivity (Wildman–Crippen MR) is 64.4 cm³/mol. The smallest absolute Gasteiger partial charge is 0.0303 e. The predicted octanol–water partition coefficient (Wildman–Crippen LogP) is 4.89. The van der Waals surface area contributed by atoms with Crippen molar-refractivity contribution in [3.05, 3.63) is 0 Å². The number of hydrogen-bond acceptors (Lipinski definition) is 0. The lowest BCUT2D eigenvalue weighted by Gasteiger charge is -2.36. The van der Waals surface area contributed by atoms with E-state index in [9.17, 15) is 0 Å². The minimum Gasteiger partial charge on any atom is -0.0654 e. The van der Waals surface area contributed by atoms with Crippen molar-refractivity contribution in [1.82, 2.24) is 0 Å². The van der Waals surface area contributed by atoms with E-state index in [0.717, 1.165) is 17.8 Å². The standard InChI is InChI=1S/C14H28/c1-6-7-12-8-9-13(10-12)14(4,5)11(2)3/h11-13H,6-10H2,1-5H3. The first-order chi connectivity index (χ1) is 6.48. The van der Waals surface area contributed by atoms with Gasteiger partial charge >= 0.3 is 0 Å². The number of rotatable bonds is 4. The maximum absolute atomic E-state index is 2.47. The molecule has 1 aliphatic carbocycles. The molecule has 0 heteroatoms. The highest BCUT2D eigenvalue weighted by Crippen LogP contribution is 2.47. The van der Waals surface area contributed by atoms with E-state index in [1.54, 1.807) is 0 Å². The quantitative estimate of drug-likeness (QED) is 0.601. The van der Waals surface area contributed by atoms with Gasteiger partial charge in [-0.2, -0.15) is 0 Å². The molecule has 0 aromatic heterocycles. The Balaban J connectivity index is 2.48. The third-order valence-electron chi connectivity index (χ3n) is 4.78. The van der Waals surface area contributed by atoms with E-state index in [0.29, 0.717) is 5.41 Å². The molecule has 0 aromatic rings. The molecule has 1 fully saturated rings. The molecule has 0 radical (unpaired) electrons. The van der Waals surface area contributed by atoms with Crippen LogP contribution in [-0.2, 0) is 0 Å². The summed E-state index contributed by atoms with van der Waals surface area (Å²) in [6.07, 6.45) is 7.31. The normalized spacial score (nSPS) is 28.7. The molecular formula is C14H28. The van der Waals surface area contributed by atoms with E-state index in [-0.39, 0.29) is 0 Å². The molecule has 0 bridgehead atoms. The van der Waals surface area contributed by atoms with Gasteiger partial charge in [0.25, 0.3) is 0 Å². The molecule has 84 valence electrons. The molecule has 0 saturated heterocycles. The summed E-state index contributed by atoms with van der Waals surface area (Å²) in [6.45, 7) is 12.0. The molecule has 0 nitrogen and oxygen atoms in total. The lowest BCUT2D eigenvalue weighted by molar-refractivity contribution is 0.137. The van der Waals surface area contributed by atoms with Crippen LogP contribution in [-0.4, -0.2) is 0 Å². The van der Waals surface area contributed by atoms with Crippen molar-refractivity contribution < 1.29 is 0 Å². The van der Waals surface area contributed by atoms with Gasteiger partial charge < -0.3 is 0 Å². The molecule has 1 aliphatic rings. The second-order valence-corrected chi connectivity index (χ2v) is 6.14. The van der Waals surface area contributed by atoms with Gasteiger partial charge in [-0.3, -0.25) is 0 Å². The number of hydrogen-bond donors (Lipinski definition) is 0. The molecule has 0 aliphatic heterocycles. The third-order valence-corrected chi connectivity index (χ3v) is 4.78. The van der Waals surface area contributed by atoms with Gasteiger partial charge in [0.1, 0.15) is 0 Å². The molecule has 0 N–H and O–H groups in total. The van der Waals surface area contributed by atoms with Crippen LogP contribution in [0.2, 0.25) is 0 Å². The average Bonchev–Trinajstić information content (AvgIpc) is 2.53. The fraction of sp³-hybridized carbons (Fsp3) is 1.00. The third kappa shape index (κ3) is 2.52. The van der Waals surface area contributed by atoms with Crippen molar-refractivity contribution in [3.63, 3.8) is 0 Å². The van der Waals surface area contributed by atoms with Gasteiger partial charge in [0, 0.05) is 0 Å². The zero-order chi connectivity index (χ0) is 10.8. The fourth-order valence-electron chi connectivity index (χ4n) is 2.89. The molecule has 0 amide bonds. The van der Waals surface area contributed by atoms with Crippen LogP contribution in [0.3, 0.4) is 0 Å². The average molecular weight is 196 g/mol. The second kappa shape index (κ2) is 4.68. The maximum Gasteiger partial charge on any atom is -0.0303 e. The van der Waals surface area contributed by atoms with Gasteiger partial charge in [-0.15, -0.1) is 0 Å². The van der Waals surface area contributed by atoms with Crippen LogP contribution in [0.4, 0.5) is 0 Å². The molecule has 2 atom stereocenters. The molecular weight excluding hydrogens is 168 g/mol. The zero-order valence-corrected chi connectivity index (χ0v) is 10.8.